The van der Waals surface area contributed by atoms with Gasteiger partial charge in [-0.3, -0.25) is 14.8 Å². The molecule has 1 aromatic heterocycles. The Morgan fingerprint density at radius 3 is 3.00 bits per heavy atom. The van der Waals surface area contributed by atoms with Crippen LogP contribution in [0.4, 0.5) is 10.7 Å². The van der Waals surface area contributed by atoms with E-state index in [-0.39, 0.29) is 11.9 Å². The summed E-state index contributed by atoms with van der Waals surface area (Å²) in [5.74, 6) is 0.620. The van der Waals surface area contributed by atoms with E-state index in [1.165, 1.54) is 12.0 Å². The van der Waals surface area contributed by atoms with Gasteiger partial charge in [0.15, 0.2) is 0 Å². The average Bonchev–Trinajstić information content (AvgIpc) is 2.91. The lowest BCUT2D eigenvalue weighted by molar-refractivity contribution is -0.126. The van der Waals surface area contributed by atoms with Gasteiger partial charge in [-0.15, -0.1) is 5.10 Å². The summed E-state index contributed by atoms with van der Waals surface area (Å²) >= 11 is 0. The first-order valence-corrected chi connectivity index (χ1v) is 6.91. The molecule has 0 saturated carbocycles. The zero-order valence-electron chi connectivity index (χ0n) is 12.0. The summed E-state index contributed by atoms with van der Waals surface area (Å²) < 4.78 is 4.72. The molecule has 2 rings (SSSR count). The van der Waals surface area contributed by atoms with Crippen LogP contribution in [0.2, 0.25) is 0 Å². The van der Waals surface area contributed by atoms with Gasteiger partial charge in [0.05, 0.1) is 7.11 Å². The smallest absolute Gasteiger partial charge is 0.410 e. The summed E-state index contributed by atoms with van der Waals surface area (Å²) in [6.45, 7) is 0.947. The van der Waals surface area contributed by atoms with Crippen molar-refractivity contribution in [2.45, 2.75) is 31.7 Å². The molecule has 4 N–H and O–H groups in total. The lowest BCUT2D eigenvalue weighted by Crippen LogP contribution is -2.52. The molecule has 1 aromatic rings. The van der Waals surface area contributed by atoms with E-state index in [1.54, 1.807) is 0 Å². The summed E-state index contributed by atoms with van der Waals surface area (Å²) in [5, 5.41) is 9.19. The van der Waals surface area contributed by atoms with E-state index in [2.05, 4.69) is 20.5 Å². The first kappa shape index (κ1) is 15.1. The predicted octanol–water partition coefficient (Wildman–Crippen LogP) is -0.333. The number of nitrogens with one attached hydrogen (secondary N) is 2. The minimum atomic E-state index is -0.467. The largest absolute Gasteiger partial charge is 0.453 e. The van der Waals surface area contributed by atoms with E-state index in [0.717, 1.165) is 12.8 Å². The fourth-order valence-electron chi connectivity index (χ4n) is 2.38. The van der Waals surface area contributed by atoms with Crippen LogP contribution in [0.5, 0.6) is 0 Å². The summed E-state index contributed by atoms with van der Waals surface area (Å²) in [4.78, 5) is 29.3. The van der Waals surface area contributed by atoms with Crippen LogP contribution in [0.3, 0.4) is 0 Å². The molecular weight excluding hydrogens is 276 g/mol. The molecule has 9 nitrogen and oxygen atoms in total. The standard InChI is InChI=1S/C12H20N6O3/c1-21-12(20)18-7-3-2-4-8(18)10(19)14-6-5-9-15-11(13)17-16-9/h8H,2-7H2,1H3,(H,14,19)(H3,13,15,16,17)/t8-/m1/s1. The van der Waals surface area contributed by atoms with E-state index < -0.39 is 12.1 Å². The Balaban J connectivity index is 1.84. The number of carbonyl (C=O) groups is 2. The van der Waals surface area contributed by atoms with Gasteiger partial charge in [0.1, 0.15) is 11.9 Å². The fraction of sp³-hybridized carbons (Fsp3) is 0.667. The molecule has 2 heterocycles. The zero-order valence-corrected chi connectivity index (χ0v) is 12.0. The lowest BCUT2D eigenvalue weighted by Gasteiger charge is -2.33. The zero-order chi connectivity index (χ0) is 15.2. The fourth-order valence-corrected chi connectivity index (χ4v) is 2.38. The van der Waals surface area contributed by atoms with Crippen LogP contribution < -0.4 is 11.1 Å². The maximum atomic E-state index is 12.2. The number of anilines is 1. The number of likely N-dealkylation sites (tertiary alicyclic amines) is 1. The van der Waals surface area contributed by atoms with Crippen LogP contribution in [0, 0.1) is 0 Å². The summed E-state index contributed by atoms with van der Waals surface area (Å²) in [7, 11) is 1.32. The molecule has 0 aliphatic carbocycles. The molecule has 1 aliphatic rings. The van der Waals surface area contributed by atoms with E-state index in [0.29, 0.717) is 31.8 Å². The molecule has 0 aromatic carbocycles. The Labute approximate surface area is 122 Å². The number of nitrogens with zero attached hydrogens (tertiary/aromatic N) is 3. The van der Waals surface area contributed by atoms with E-state index in [9.17, 15) is 9.59 Å². The SMILES string of the molecule is COC(=O)N1CCCC[C@@H]1C(=O)NCCc1nc(N)n[nH]1. The maximum Gasteiger partial charge on any atom is 0.410 e. The predicted molar refractivity (Wildman–Crippen MR) is 74.3 cm³/mol. The number of nitrogen functional groups attached to an aromatic ring is 1. The van der Waals surface area contributed by atoms with Crippen molar-refractivity contribution in [3.63, 3.8) is 0 Å². The highest BCUT2D eigenvalue weighted by Crippen LogP contribution is 2.18. The van der Waals surface area contributed by atoms with Crippen molar-refractivity contribution < 1.29 is 14.3 Å². The summed E-state index contributed by atoms with van der Waals surface area (Å²) in [6, 6.07) is -0.467. The molecule has 1 fully saturated rings. The molecule has 1 atom stereocenters. The first-order valence-electron chi connectivity index (χ1n) is 6.91. The van der Waals surface area contributed by atoms with Gasteiger partial charge in [0.2, 0.25) is 11.9 Å². The number of hydrogen-bond donors (Lipinski definition) is 3. The number of H-pyrrole nitrogens is 1. The first-order chi connectivity index (χ1) is 10.1. The summed E-state index contributed by atoms with van der Waals surface area (Å²) in [6.07, 6.45) is 2.50. The molecule has 116 valence electrons. The minimum absolute atomic E-state index is 0.174. The maximum absolute atomic E-state index is 12.2. The molecule has 1 aliphatic heterocycles. The summed E-state index contributed by atoms with van der Waals surface area (Å²) in [5.41, 5.74) is 5.39. The van der Waals surface area contributed by atoms with Gasteiger partial charge in [-0.05, 0) is 19.3 Å². The molecule has 1 saturated heterocycles. The van der Waals surface area contributed by atoms with Gasteiger partial charge in [0, 0.05) is 19.5 Å². The van der Waals surface area contributed by atoms with Crippen molar-refractivity contribution in [3.8, 4) is 0 Å². The molecule has 21 heavy (non-hydrogen) atoms. The number of ether oxygens (including phenoxy) is 1. The lowest BCUT2D eigenvalue weighted by atomic mass is 10.0. The minimum Gasteiger partial charge on any atom is -0.453 e. The van der Waals surface area contributed by atoms with Crippen molar-refractivity contribution in [1.29, 1.82) is 0 Å². The molecular formula is C12H20N6O3. The number of aromatic amines is 1. The van der Waals surface area contributed by atoms with E-state index in [1.807, 2.05) is 0 Å². The molecule has 9 heteroatoms. The highest BCUT2D eigenvalue weighted by Gasteiger charge is 2.32. The number of rotatable bonds is 4. The van der Waals surface area contributed by atoms with Gasteiger partial charge in [0.25, 0.3) is 0 Å². The second kappa shape index (κ2) is 6.91. The molecule has 0 unspecified atom stereocenters. The quantitative estimate of drug-likeness (QED) is 0.698. The third-order valence-electron chi connectivity index (χ3n) is 3.42. The second-order valence-electron chi connectivity index (χ2n) is 4.86. The van der Waals surface area contributed by atoms with Gasteiger partial charge in [-0.25, -0.2) is 4.79 Å². The molecule has 0 bridgehead atoms. The van der Waals surface area contributed by atoms with Crippen molar-refractivity contribution in [2.24, 2.45) is 0 Å². The third-order valence-corrected chi connectivity index (χ3v) is 3.42. The van der Waals surface area contributed by atoms with Crippen LogP contribution in [0.15, 0.2) is 0 Å². The van der Waals surface area contributed by atoms with Crippen molar-refractivity contribution >= 4 is 17.9 Å². The number of aromatic nitrogens is 3. The number of piperidine rings is 1. The van der Waals surface area contributed by atoms with Crippen LogP contribution in [-0.2, 0) is 16.0 Å². The average molecular weight is 296 g/mol. The van der Waals surface area contributed by atoms with Crippen LogP contribution in [0.1, 0.15) is 25.1 Å². The van der Waals surface area contributed by atoms with Crippen molar-refractivity contribution in [2.75, 3.05) is 25.9 Å². The Morgan fingerprint density at radius 1 is 1.52 bits per heavy atom. The topological polar surface area (TPSA) is 126 Å². The molecule has 2 amide bonds. The van der Waals surface area contributed by atoms with Gasteiger partial charge < -0.3 is 15.8 Å². The number of hydrogen-bond acceptors (Lipinski definition) is 6. The number of methoxy groups -OCH3 is 1. The van der Waals surface area contributed by atoms with Crippen LogP contribution >= 0.6 is 0 Å². The normalized spacial score (nSPS) is 18.3. The highest BCUT2D eigenvalue weighted by molar-refractivity contribution is 5.85. The third kappa shape index (κ3) is 3.83. The number of carbonyl (C=O) groups excluding carboxylic acids is 2. The monoisotopic (exact) mass is 296 g/mol. The van der Waals surface area contributed by atoms with Gasteiger partial charge in [-0.1, -0.05) is 0 Å². The Hall–Kier alpha value is -2.32. The van der Waals surface area contributed by atoms with E-state index >= 15 is 0 Å². The second-order valence-corrected chi connectivity index (χ2v) is 4.86. The Bertz CT molecular complexity index is 503. The number of nitrogens with two attached hydrogens (primary N) is 1. The van der Waals surface area contributed by atoms with Crippen LogP contribution in [-0.4, -0.2) is 58.3 Å². The van der Waals surface area contributed by atoms with Gasteiger partial charge in [-0.2, -0.15) is 4.98 Å². The molecule has 0 radical (unpaired) electrons. The van der Waals surface area contributed by atoms with Gasteiger partial charge >= 0.3 is 6.09 Å². The van der Waals surface area contributed by atoms with E-state index in [4.69, 9.17) is 10.5 Å². The Kier molecular flexibility index (Phi) is 4.96. The number of amides is 2. The van der Waals surface area contributed by atoms with Crippen LogP contribution in [0.25, 0.3) is 0 Å². The Morgan fingerprint density at radius 2 is 2.33 bits per heavy atom. The highest BCUT2D eigenvalue weighted by atomic mass is 16.5. The van der Waals surface area contributed by atoms with Crippen molar-refractivity contribution in [1.82, 2.24) is 25.4 Å². The van der Waals surface area contributed by atoms with Crippen molar-refractivity contribution in [3.05, 3.63) is 5.82 Å². The molecule has 0 spiro atoms.